The molecule has 2 fully saturated rings. The van der Waals surface area contributed by atoms with Crippen molar-refractivity contribution in [3.05, 3.63) is 11.1 Å². The van der Waals surface area contributed by atoms with Gasteiger partial charge in [-0.3, -0.25) is 4.79 Å². The molecule has 3 aliphatic carbocycles. The standard InChI is InChI=1S/C15H22O2/c1-8-11(16)7-15(4)12(8)9-5-14(2,3)6-10(9)13(15)17/h9-11,16H,5-7H2,1-4H3/t9-,10+,11-,15+/m1/s1. The van der Waals surface area contributed by atoms with E-state index in [0.29, 0.717) is 18.1 Å². The predicted octanol–water partition coefficient (Wildman–Crippen LogP) is 2.71. The number of Topliss-reactive ketones (excluding diaryl/α,β-unsaturated/α-hetero) is 1. The van der Waals surface area contributed by atoms with Gasteiger partial charge in [-0.25, -0.2) is 0 Å². The van der Waals surface area contributed by atoms with E-state index in [1.807, 2.05) is 6.92 Å². The van der Waals surface area contributed by atoms with Gasteiger partial charge in [-0.1, -0.05) is 19.4 Å². The maximum absolute atomic E-state index is 12.6. The summed E-state index contributed by atoms with van der Waals surface area (Å²) in [7, 11) is 0. The van der Waals surface area contributed by atoms with Crippen LogP contribution < -0.4 is 0 Å². The lowest BCUT2D eigenvalue weighted by molar-refractivity contribution is -0.128. The Kier molecular flexibility index (Phi) is 2.04. The highest BCUT2D eigenvalue weighted by Gasteiger charge is 2.61. The molecule has 0 amide bonds. The summed E-state index contributed by atoms with van der Waals surface area (Å²) in [6, 6.07) is 0. The van der Waals surface area contributed by atoms with Gasteiger partial charge in [-0.15, -0.1) is 0 Å². The van der Waals surface area contributed by atoms with Gasteiger partial charge in [-0.2, -0.15) is 0 Å². The van der Waals surface area contributed by atoms with Crippen molar-refractivity contribution in [3.63, 3.8) is 0 Å². The first-order valence-electron chi connectivity index (χ1n) is 6.70. The van der Waals surface area contributed by atoms with Crippen molar-refractivity contribution >= 4 is 5.78 Å². The largest absolute Gasteiger partial charge is 0.389 e. The number of aliphatic hydroxyl groups excluding tert-OH is 1. The first kappa shape index (κ1) is 11.5. The predicted molar refractivity (Wildman–Crippen MR) is 66.4 cm³/mol. The van der Waals surface area contributed by atoms with E-state index in [1.165, 1.54) is 5.57 Å². The Balaban J connectivity index is 2.10. The monoisotopic (exact) mass is 234 g/mol. The summed E-state index contributed by atoms with van der Waals surface area (Å²) in [5.74, 6) is 1.05. The highest BCUT2D eigenvalue weighted by atomic mass is 16.3. The van der Waals surface area contributed by atoms with Crippen molar-refractivity contribution in [2.45, 2.75) is 53.1 Å². The van der Waals surface area contributed by atoms with Gasteiger partial charge < -0.3 is 5.11 Å². The van der Waals surface area contributed by atoms with Gasteiger partial charge in [0.05, 0.1) is 11.5 Å². The molecule has 0 heterocycles. The van der Waals surface area contributed by atoms with E-state index in [4.69, 9.17) is 0 Å². The first-order chi connectivity index (χ1) is 7.76. The number of fused-ring (bicyclic) bond motifs is 3. The number of ketones is 1. The molecule has 4 atom stereocenters. The van der Waals surface area contributed by atoms with Gasteiger partial charge in [0.25, 0.3) is 0 Å². The lowest BCUT2D eigenvalue weighted by Gasteiger charge is -2.25. The normalized spacial score (nSPS) is 47.6. The van der Waals surface area contributed by atoms with Crippen LogP contribution in [0.1, 0.15) is 47.0 Å². The molecule has 2 saturated carbocycles. The summed E-state index contributed by atoms with van der Waals surface area (Å²) in [6.45, 7) is 8.59. The van der Waals surface area contributed by atoms with Crippen LogP contribution in [0, 0.1) is 22.7 Å². The Labute approximate surface area is 103 Å². The summed E-state index contributed by atoms with van der Waals surface area (Å²) < 4.78 is 0. The third-order valence-electron chi connectivity index (χ3n) is 5.40. The minimum atomic E-state index is -0.386. The van der Waals surface area contributed by atoms with E-state index in [1.54, 1.807) is 0 Å². The van der Waals surface area contributed by atoms with Gasteiger partial charge in [0, 0.05) is 5.92 Å². The van der Waals surface area contributed by atoms with E-state index in [9.17, 15) is 9.90 Å². The zero-order chi connectivity index (χ0) is 12.6. The van der Waals surface area contributed by atoms with Gasteiger partial charge in [0.2, 0.25) is 0 Å². The molecule has 0 aromatic heterocycles. The molecule has 0 bridgehead atoms. The molecule has 1 N–H and O–H groups in total. The topological polar surface area (TPSA) is 37.3 Å². The van der Waals surface area contributed by atoms with Crippen molar-refractivity contribution in [2.75, 3.05) is 0 Å². The van der Waals surface area contributed by atoms with E-state index in [0.717, 1.165) is 18.4 Å². The molecule has 0 saturated heterocycles. The summed E-state index contributed by atoms with van der Waals surface area (Å²) in [4.78, 5) is 12.6. The minimum absolute atomic E-state index is 0.229. The molecule has 2 nitrogen and oxygen atoms in total. The van der Waals surface area contributed by atoms with Crippen LogP contribution in [0.4, 0.5) is 0 Å². The van der Waals surface area contributed by atoms with E-state index < -0.39 is 0 Å². The van der Waals surface area contributed by atoms with Gasteiger partial charge in [0.1, 0.15) is 5.78 Å². The molecule has 0 aromatic rings. The van der Waals surface area contributed by atoms with Crippen LogP contribution in [0.15, 0.2) is 11.1 Å². The Bertz CT molecular complexity index is 432. The Morgan fingerprint density at radius 3 is 2.35 bits per heavy atom. The van der Waals surface area contributed by atoms with Crippen molar-refractivity contribution < 1.29 is 9.90 Å². The molecule has 3 aliphatic rings. The lowest BCUT2D eigenvalue weighted by Crippen LogP contribution is -2.27. The molecule has 94 valence electrons. The number of rotatable bonds is 0. The molecule has 2 heteroatoms. The minimum Gasteiger partial charge on any atom is -0.389 e. The number of hydrogen-bond donors (Lipinski definition) is 1. The number of aliphatic hydroxyl groups is 1. The number of carbonyl (C=O) groups excluding carboxylic acids is 1. The molecule has 3 rings (SSSR count). The molecule has 0 radical (unpaired) electrons. The second kappa shape index (κ2) is 3.03. The quantitative estimate of drug-likeness (QED) is 0.654. The van der Waals surface area contributed by atoms with Crippen LogP contribution in [-0.2, 0) is 4.79 Å². The lowest BCUT2D eigenvalue weighted by atomic mass is 9.78. The maximum atomic E-state index is 12.6. The smallest absolute Gasteiger partial charge is 0.146 e. The highest BCUT2D eigenvalue weighted by Crippen LogP contribution is 2.63. The summed E-state index contributed by atoms with van der Waals surface area (Å²) in [6.07, 6.45) is 2.38. The fourth-order valence-corrected chi connectivity index (χ4v) is 4.75. The van der Waals surface area contributed by atoms with Crippen molar-refractivity contribution in [2.24, 2.45) is 22.7 Å². The van der Waals surface area contributed by atoms with Crippen LogP contribution in [0.2, 0.25) is 0 Å². The average molecular weight is 234 g/mol. The molecule has 0 unspecified atom stereocenters. The van der Waals surface area contributed by atoms with Crippen LogP contribution in [-0.4, -0.2) is 17.0 Å². The van der Waals surface area contributed by atoms with E-state index >= 15 is 0 Å². The van der Waals surface area contributed by atoms with E-state index in [2.05, 4.69) is 20.8 Å². The molecular weight excluding hydrogens is 212 g/mol. The summed E-state index contributed by atoms with van der Waals surface area (Å²) >= 11 is 0. The fourth-order valence-electron chi connectivity index (χ4n) is 4.75. The number of hydrogen-bond acceptors (Lipinski definition) is 2. The Hall–Kier alpha value is -0.630. The first-order valence-corrected chi connectivity index (χ1v) is 6.70. The van der Waals surface area contributed by atoms with E-state index in [-0.39, 0.29) is 22.9 Å². The third kappa shape index (κ3) is 1.28. The molecule has 17 heavy (non-hydrogen) atoms. The zero-order valence-electron chi connectivity index (χ0n) is 11.2. The molecule has 0 aliphatic heterocycles. The van der Waals surface area contributed by atoms with Gasteiger partial charge >= 0.3 is 0 Å². The highest BCUT2D eigenvalue weighted by molar-refractivity contribution is 5.95. The van der Waals surface area contributed by atoms with Crippen LogP contribution in [0.5, 0.6) is 0 Å². The zero-order valence-corrected chi connectivity index (χ0v) is 11.2. The Morgan fingerprint density at radius 2 is 1.71 bits per heavy atom. The third-order valence-corrected chi connectivity index (χ3v) is 5.40. The Morgan fingerprint density at radius 1 is 1.12 bits per heavy atom. The fraction of sp³-hybridized carbons (Fsp3) is 0.800. The number of carbonyl (C=O) groups is 1. The SMILES string of the molecule is CC1=C2[C@@H]3CC(C)(C)C[C@@H]3C(=O)[C@@]2(C)C[C@H]1O. The van der Waals surface area contributed by atoms with Crippen LogP contribution >= 0.6 is 0 Å². The summed E-state index contributed by atoms with van der Waals surface area (Å²) in [5, 5.41) is 10.0. The van der Waals surface area contributed by atoms with Crippen LogP contribution in [0.25, 0.3) is 0 Å². The second-order valence-corrected chi connectivity index (χ2v) is 7.30. The molecule has 0 spiro atoms. The average Bonchev–Trinajstić information content (AvgIpc) is 2.68. The van der Waals surface area contributed by atoms with Crippen molar-refractivity contribution in [3.8, 4) is 0 Å². The molecular formula is C15H22O2. The molecule has 0 aromatic carbocycles. The van der Waals surface area contributed by atoms with Gasteiger partial charge in [-0.05, 0) is 50.0 Å². The number of allylic oxidation sites excluding steroid dienone is 1. The van der Waals surface area contributed by atoms with Crippen molar-refractivity contribution in [1.82, 2.24) is 0 Å². The summed E-state index contributed by atoms with van der Waals surface area (Å²) in [5.41, 5.74) is 2.33. The van der Waals surface area contributed by atoms with Crippen molar-refractivity contribution in [1.29, 1.82) is 0 Å². The van der Waals surface area contributed by atoms with Gasteiger partial charge in [0.15, 0.2) is 0 Å². The maximum Gasteiger partial charge on any atom is 0.146 e. The second-order valence-electron chi connectivity index (χ2n) is 7.30. The van der Waals surface area contributed by atoms with Crippen LogP contribution in [0.3, 0.4) is 0 Å².